The van der Waals surface area contributed by atoms with Crippen LogP contribution in [-0.4, -0.2) is 45.9 Å². The summed E-state index contributed by atoms with van der Waals surface area (Å²) in [5, 5.41) is 4.89. The first kappa shape index (κ1) is 18.9. The summed E-state index contributed by atoms with van der Waals surface area (Å²) in [6, 6.07) is 9.94. The van der Waals surface area contributed by atoms with Gasteiger partial charge in [0.25, 0.3) is 15.9 Å². The maximum atomic E-state index is 12.8. The van der Waals surface area contributed by atoms with Crippen LogP contribution in [0.5, 0.6) is 0 Å². The van der Waals surface area contributed by atoms with Crippen LogP contribution in [0.15, 0.2) is 46.0 Å². The lowest BCUT2D eigenvalue weighted by Crippen LogP contribution is -2.42. The van der Waals surface area contributed by atoms with Gasteiger partial charge in [-0.2, -0.15) is 0 Å². The molecule has 6 nitrogen and oxygen atoms in total. The summed E-state index contributed by atoms with van der Waals surface area (Å²) in [6.45, 7) is 2.36. The number of carbonyl (C=O) groups is 1. The molecule has 2 aromatic rings. The third-order valence-electron chi connectivity index (χ3n) is 4.42. The summed E-state index contributed by atoms with van der Waals surface area (Å²) in [5.41, 5.74) is 0.898. The second-order valence-corrected chi connectivity index (χ2v) is 9.29. The zero-order chi connectivity index (χ0) is 18.6. The Bertz CT molecular complexity index is 848. The molecule has 3 rings (SSSR count). The van der Waals surface area contributed by atoms with E-state index in [1.807, 2.05) is 11.9 Å². The Balaban J connectivity index is 1.73. The lowest BCUT2D eigenvalue weighted by atomic mass is 9.97. The number of piperidine rings is 1. The number of hydrogen-bond donors (Lipinski definition) is 2. The summed E-state index contributed by atoms with van der Waals surface area (Å²) in [4.78, 5) is 14.7. The van der Waals surface area contributed by atoms with Gasteiger partial charge in [-0.3, -0.25) is 9.52 Å². The van der Waals surface area contributed by atoms with E-state index in [-0.39, 0.29) is 10.1 Å². The first-order valence-corrected chi connectivity index (χ1v) is 11.0. The fourth-order valence-electron chi connectivity index (χ4n) is 3.22. The van der Waals surface area contributed by atoms with Crippen LogP contribution in [0.3, 0.4) is 0 Å². The number of rotatable bonds is 6. The van der Waals surface area contributed by atoms with Gasteiger partial charge in [0.1, 0.15) is 4.21 Å². The van der Waals surface area contributed by atoms with Gasteiger partial charge in [-0.25, -0.2) is 8.42 Å². The van der Waals surface area contributed by atoms with Gasteiger partial charge in [0.05, 0.1) is 0 Å². The van der Waals surface area contributed by atoms with E-state index in [1.54, 1.807) is 41.8 Å². The average molecular weight is 394 g/mol. The lowest BCUT2D eigenvalue weighted by Gasteiger charge is -2.32. The normalized spacial score (nSPS) is 17.9. The number of carbonyl (C=O) groups excluding carboxylic acids is 1. The summed E-state index contributed by atoms with van der Waals surface area (Å²) in [5.74, 6) is 0.404. The molecule has 2 heterocycles. The lowest BCUT2D eigenvalue weighted by molar-refractivity contribution is 0.0674. The van der Waals surface area contributed by atoms with Crippen molar-refractivity contribution >= 4 is 33.0 Å². The quantitative estimate of drug-likeness (QED) is 0.791. The highest BCUT2D eigenvalue weighted by Gasteiger charge is 2.24. The van der Waals surface area contributed by atoms with Crippen molar-refractivity contribution in [2.75, 3.05) is 31.4 Å². The number of thiophene rings is 1. The first-order chi connectivity index (χ1) is 12.5. The van der Waals surface area contributed by atoms with Gasteiger partial charge in [-0.1, -0.05) is 12.1 Å². The molecule has 0 bridgehead atoms. The predicted molar refractivity (Wildman–Crippen MR) is 104 cm³/mol. The topological polar surface area (TPSA) is 78.5 Å². The van der Waals surface area contributed by atoms with E-state index in [9.17, 15) is 13.2 Å². The molecule has 1 aromatic carbocycles. The highest BCUT2D eigenvalue weighted by molar-refractivity contribution is 7.94. The van der Waals surface area contributed by atoms with Gasteiger partial charge < -0.3 is 10.2 Å². The molecule has 2 N–H and O–H groups in total. The number of amides is 1. The predicted octanol–water partition coefficient (Wildman–Crippen LogP) is 2.62. The molecular formula is C18H23N3O3S2. The van der Waals surface area contributed by atoms with Crippen molar-refractivity contribution in [2.24, 2.45) is 5.92 Å². The van der Waals surface area contributed by atoms with Gasteiger partial charge in [-0.15, -0.1) is 11.3 Å². The number of nitrogens with one attached hydrogen (secondary N) is 2. The standard InChI is InChI=1S/C18H23N3O3S2/c1-19-12-14-5-3-9-21(13-14)18(22)15-6-2-7-16(11-15)20-26(23,24)17-8-4-10-25-17/h2,4,6-8,10-11,14,19-20H,3,5,9,12-13H2,1H3. The number of hydrogen-bond acceptors (Lipinski definition) is 5. The van der Waals surface area contributed by atoms with Crippen molar-refractivity contribution < 1.29 is 13.2 Å². The third kappa shape index (κ3) is 4.44. The van der Waals surface area contributed by atoms with E-state index in [4.69, 9.17) is 0 Å². The third-order valence-corrected chi connectivity index (χ3v) is 7.20. The first-order valence-electron chi connectivity index (χ1n) is 8.60. The van der Waals surface area contributed by atoms with Crippen LogP contribution < -0.4 is 10.0 Å². The van der Waals surface area contributed by atoms with Crippen molar-refractivity contribution in [1.82, 2.24) is 10.2 Å². The van der Waals surface area contributed by atoms with Crippen LogP contribution in [0, 0.1) is 5.92 Å². The second kappa shape index (κ2) is 8.20. The van der Waals surface area contributed by atoms with E-state index in [2.05, 4.69) is 10.0 Å². The molecule has 1 atom stereocenters. The minimum atomic E-state index is -3.62. The van der Waals surface area contributed by atoms with Crippen LogP contribution in [0.2, 0.25) is 0 Å². The van der Waals surface area contributed by atoms with Crippen LogP contribution in [0.4, 0.5) is 5.69 Å². The fraction of sp³-hybridized carbons (Fsp3) is 0.389. The van der Waals surface area contributed by atoms with Gasteiger partial charge in [-0.05, 0) is 62.0 Å². The maximum Gasteiger partial charge on any atom is 0.271 e. The Kier molecular flexibility index (Phi) is 5.95. The van der Waals surface area contributed by atoms with Crippen molar-refractivity contribution in [2.45, 2.75) is 17.1 Å². The summed E-state index contributed by atoms with van der Waals surface area (Å²) in [6.07, 6.45) is 2.11. The van der Waals surface area contributed by atoms with Crippen LogP contribution in [0.25, 0.3) is 0 Å². The largest absolute Gasteiger partial charge is 0.338 e. The molecule has 8 heteroatoms. The Morgan fingerprint density at radius 1 is 1.31 bits per heavy atom. The average Bonchev–Trinajstić information content (AvgIpc) is 3.17. The van der Waals surface area contributed by atoms with Crippen molar-refractivity contribution in [3.63, 3.8) is 0 Å². The number of likely N-dealkylation sites (tertiary alicyclic amines) is 1. The smallest absolute Gasteiger partial charge is 0.271 e. The van der Waals surface area contributed by atoms with Gasteiger partial charge in [0.15, 0.2) is 0 Å². The van der Waals surface area contributed by atoms with E-state index >= 15 is 0 Å². The fourth-order valence-corrected chi connectivity index (χ4v) is 5.27. The van der Waals surface area contributed by atoms with Gasteiger partial charge in [0.2, 0.25) is 0 Å². The summed E-state index contributed by atoms with van der Waals surface area (Å²) < 4.78 is 27.5. The maximum absolute atomic E-state index is 12.8. The second-order valence-electron chi connectivity index (χ2n) is 6.44. The Morgan fingerprint density at radius 3 is 2.88 bits per heavy atom. The number of sulfonamides is 1. The van der Waals surface area contributed by atoms with E-state index in [0.717, 1.165) is 43.8 Å². The van der Waals surface area contributed by atoms with Crippen molar-refractivity contribution in [3.05, 3.63) is 47.3 Å². The molecule has 0 aliphatic carbocycles. The minimum absolute atomic E-state index is 0.0528. The molecular weight excluding hydrogens is 370 g/mol. The monoisotopic (exact) mass is 393 g/mol. The SMILES string of the molecule is CNCC1CCCN(C(=O)c2cccc(NS(=O)(=O)c3cccs3)c2)C1. The zero-order valence-corrected chi connectivity index (χ0v) is 16.3. The Morgan fingerprint density at radius 2 is 2.15 bits per heavy atom. The minimum Gasteiger partial charge on any atom is -0.338 e. The molecule has 1 aromatic heterocycles. The number of anilines is 1. The highest BCUT2D eigenvalue weighted by Crippen LogP contribution is 2.23. The van der Waals surface area contributed by atoms with Gasteiger partial charge >= 0.3 is 0 Å². The molecule has 26 heavy (non-hydrogen) atoms. The zero-order valence-electron chi connectivity index (χ0n) is 14.6. The molecule has 0 radical (unpaired) electrons. The molecule has 1 fully saturated rings. The van der Waals surface area contributed by atoms with Crippen molar-refractivity contribution in [3.8, 4) is 0 Å². The number of benzene rings is 1. The Hall–Kier alpha value is -1.90. The van der Waals surface area contributed by atoms with Crippen LogP contribution in [0.1, 0.15) is 23.2 Å². The van der Waals surface area contributed by atoms with E-state index < -0.39 is 10.0 Å². The Labute approximate surface area is 158 Å². The molecule has 1 unspecified atom stereocenters. The molecule has 0 spiro atoms. The van der Waals surface area contributed by atoms with Crippen LogP contribution >= 0.6 is 11.3 Å². The van der Waals surface area contributed by atoms with Crippen LogP contribution in [-0.2, 0) is 10.0 Å². The number of nitrogens with zero attached hydrogens (tertiary/aromatic N) is 1. The molecule has 1 amide bonds. The highest BCUT2D eigenvalue weighted by atomic mass is 32.2. The molecule has 1 aliphatic rings. The summed E-state index contributed by atoms with van der Waals surface area (Å²) >= 11 is 1.16. The molecule has 140 valence electrons. The van der Waals surface area contributed by atoms with E-state index in [1.165, 1.54) is 0 Å². The molecule has 0 saturated carbocycles. The van der Waals surface area contributed by atoms with Crippen molar-refractivity contribution in [1.29, 1.82) is 0 Å². The molecule has 1 saturated heterocycles. The van der Waals surface area contributed by atoms with E-state index in [0.29, 0.717) is 17.2 Å². The summed E-state index contributed by atoms with van der Waals surface area (Å²) in [7, 11) is -1.70. The molecule has 1 aliphatic heterocycles. The van der Waals surface area contributed by atoms with Gasteiger partial charge in [0, 0.05) is 24.3 Å².